The Balaban J connectivity index is 1.85. The monoisotopic (exact) mass is 388 g/mol. The Bertz CT molecular complexity index is 1030. The molecule has 2 aromatic carbocycles. The van der Waals surface area contributed by atoms with Crippen LogP contribution in [0, 0.1) is 25.5 Å². The molecule has 1 heterocycles. The van der Waals surface area contributed by atoms with Crippen molar-refractivity contribution < 1.29 is 13.6 Å². The Kier molecular flexibility index (Phi) is 5.32. The van der Waals surface area contributed by atoms with Gasteiger partial charge < -0.3 is 10.6 Å². The lowest BCUT2D eigenvalue weighted by Crippen LogP contribution is -2.15. The van der Waals surface area contributed by atoms with Gasteiger partial charge in [0.15, 0.2) is 11.6 Å². The Morgan fingerprint density at radius 1 is 1.04 bits per heavy atom. The van der Waals surface area contributed by atoms with Crippen LogP contribution in [-0.2, 0) is 0 Å². The molecule has 27 heavy (non-hydrogen) atoms. The van der Waals surface area contributed by atoms with Crippen molar-refractivity contribution in [3.05, 3.63) is 76.2 Å². The van der Waals surface area contributed by atoms with Crippen molar-refractivity contribution >= 4 is 34.7 Å². The SMILES string of the molecule is Cc1nc(Nc2cccc(Cl)c2C)cc(C(=O)Nc2ccc(F)c(F)c2)n1. The molecule has 3 rings (SSSR count). The van der Waals surface area contributed by atoms with Crippen molar-refractivity contribution in [3.63, 3.8) is 0 Å². The molecule has 5 nitrogen and oxygen atoms in total. The van der Waals surface area contributed by atoms with Gasteiger partial charge >= 0.3 is 0 Å². The minimum Gasteiger partial charge on any atom is -0.340 e. The quantitative estimate of drug-likeness (QED) is 0.658. The summed E-state index contributed by atoms with van der Waals surface area (Å²) >= 11 is 6.11. The zero-order valence-electron chi connectivity index (χ0n) is 14.5. The van der Waals surface area contributed by atoms with Gasteiger partial charge in [-0.25, -0.2) is 18.7 Å². The smallest absolute Gasteiger partial charge is 0.274 e. The molecule has 0 saturated carbocycles. The highest BCUT2D eigenvalue weighted by Crippen LogP contribution is 2.25. The molecule has 2 N–H and O–H groups in total. The van der Waals surface area contributed by atoms with E-state index in [1.807, 2.05) is 13.0 Å². The summed E-state index contributed by atoms with van der Waals surface area (Å²) in [5, 5.41) is 6.18. The van der Waals surface area contributed by atoms with E-state index in [-0.39, 0.29) is 11.4 Å². The van der Waals surface area contributed by atoms with Crippen LogP contribution in [-0.4, -0.2) is 15.9 Å². The Morgan fingerprint density at radius 3 is 2.56 bits per heavy atom. The van der Waals surface area contributed by atoms with E-state index in [2.05, 4.69) is 20.6 Å². The van der Waals surface area contributed by atoms with Crippen molar-refractivity contribution in [2.45, 2.75) is 13.8 Å². The van der Waals surface area contributed by atoms with Crippen LogP contribution in [0.1, 0.15) is 21.9 Å². The molecule has 1 amide bonds. The van der Waals surface area contributed by atoms with E-state index in [1.54, 1.807) is 19.1 Å². The summed E-state index contributed by atoms with van der Waals surface area (Å²) < 4.78 is 26.3. The highest BCUT2D eigenvalue weighted by molar-refractivity contribution is 6.31. The van der Waals surface area contributed by atoms with Crippen molar-refractivity contribution in [1.29, 1.82) is 0 Å². The lowest BCUT2D eigenvalue weighted by molar-refractivity contribution is 0.102. The topological polar surface area (TPSA) is 66.9 Å². The molecule has 0 spiro atoms. The molecule has 0 bridgehead atoms. The second-order valence-corrected chi connectivity index (χ2v) is 6.21. The van der Waals surface area contributed by atoms with Gasteiger partial charge in [0.25, 0.3) is 5.91 Å². The maximum Gasteiger partial charge on any atom is 0.274 e. The van der Waals surface area contributed by atoms with E-state index in [4.69, 9.17) is 11.6 Å². The molecule has 0 aliphatic carbocycles. The number of hydrogen-bond donors (Lipinski definition) is 2. The third kappa shape index (κ3) is 4.38. The Hall–Kier alpha value is -3.06. The fourth-order valence-corrected chi connectivity index (χ4v) is 2.57. The average molecular weight is 389 g/mol. The molecule has 0 aliphatic rings. The third-order valence-electron chi connectivity index (χ3n) is 3.78. The van der Waals surface area contributed by atoms with Crippen LogP contribution in [0.3, 0.4) is 0 Å². The van der Waals surface area contributed by atoms with Gasteiger partial charge in [-0.05, 0) is 43.7 Å². The summed E-state index contributed by atoms with van der Waals surface area (Å²) in [6.07, 6.45) is 0. The van der Waals surface area contributed by atoms with E-state index in [9.17, 15) is 13.6 Å². The molecule has 0 aliphatic heterocycles. The van der Waals surface area contributed by atoms with E-state index in [0.717, 1.165) is 23.4 Å². The molecule has 0 fully saturated rings. The van der Waals surface area contributed by atoms with E-state index < -0.39 is 17.5 Å². The number of hydrogen-bond acceptors (Lipinski definition) is 4. The first-order valence-electron chi connectivity index (χ1n) is 7.97. The summed E-state index contributed by atoms with van der Waals surface area (Å²) in [4.78, 5) is 20.8. The predicted molar refractivity (Wildman–Crippen MR) is 101 cm³/mol. The van der Waals surface area contributed by atoms with Crippen LogP contribution < -0.4 is 10.6 Å². The molecule has 8 heteroatoms. The van der Waals surface area contributed by atoms with Gasteiger partial charge in [-0.2, -0.15) is 0 Å². The van der Waals surface area contributed by atoms with Crippen LogP contribution in [0.4, 0.5) is 26.0 Å². The van der Waals surface area contributed by atoms with E-state index in [1.165, 1.54) is 12.1 Å². The third-order valence-corrected chi connectivity index (χ3v) is 4.19. The van der Waals surface area contributed by atoms with Gasteiger partial charge in [-0.15, -0.1) is 0 Å². The number of benzene rings is 2. The maximum absolute atomic E-state index is 13.3. The molecule has 3 aromatic rings. The van der Waals surface area contributed by atoms with Crippen molar-refractivity contribution in [2.75, 3.05) is 10.6 Å². The zero-order valence-corrected chi connectivity index (χ0v) is 15.2. The van der Waals surface area contributed by atoms with Crippen molar-refractivity contribution in [1.82, 2.24) is 9.97 Å². The number of anilines is 3. The van der Waals surface area contributed by atoms with Crippen molar-refractivity contribution in [2.24, 2.45) is 0 Å². The molecule has 0 radical (unpaired) electrons. The lowest BCUT2D eigenvalue weighted by Gasteiger charge is -2.12. The highest BCUT2D eigenvalue weighted by atomic mass is 35.5. The molecular formula is C19H15ClF2N4O. The second-order valence-electron chi connectivity index (χ2n) is 5.81. The number of rotatable bonds is 4. The van der Waals surface area contributed by atoms with Gasteiger partial charge in [-0.1, -0.05) is 17.7 Å². The number of nitrogens with zero attached hydrogens (tertiary/aromatic N) is 2. The molecule has 138 valence electrons. The molecule has 0 saturated heterocycles. The Labute approximate surface area is 159 Å². The largest absolute Gasteiger partial charge is 0.340 e. The number of carbonyl (C=O) groups excluding carboxylic acids is 1. The van der Waals surface area contributed by atoms with Crippen LogP contribution >= 0.6 is 11.6 Å². The summed E-state index contributed by atoms with van der Waals surface area (Å²) in [7, 11) is 0. The zero-order chi connectivity index (χ0) is 19.6. The number of carbonyl (C=O) groups is 1. The minimum absolute atomic E-state index is 0.0782. The van der Waals surface area contributed by atoms with Gasteiger partial charge in [0.1, 0.15) is 17.3 Å². The number of aryl methyl sites for hydroxylation is 1. The van der Waals surface area contributed by atoms with Gasteiger partial charge in [0, 0.05) is 28.5 Å². The lowest BCUT2D eigenvalue weighted by atomic mass is 10.2. The molecule has 1 aromatic heterocycles. The Morgan fingerprint density at radius 2 is 1.81 bits per heavy atom. The number of aromatic nitrogens is 2. The van der Waals surface area contributed by atoms with Crippen LogP contribution in [0.5, 0.6) is 0 Å². The summed E-state index contributed by atoms with van der Waals surface area (Å²) in [6, 6.07) is 9.96. The van der Waals surface area contributed by atoms with Gasteiger partial charge in [-0.3, -0.25) is 4.79 Å². The van der Waals surface area contributed by atoms with Gasteiger partial charge in [0.2, 0.25) is 0 Å². The standard InChI is InChI=1S/C19H15ClF2N4O/c1-10-13(20)4-3-5-16(10)26-18-9-17(23-11(2)24-18)19(27)25-12-6-7-14(21)15(22)8-12/h3-9H,1-2H3,(H,25,27)(H,23,24,26). The maximum atomic E-state index is 13.3. The summed E-state index contributed by atoms with van der Waals surface area (Å²) in [6.45, 7) is 3.50. The normalized spacial score (nSPS) is 10.6. The van der Waals surface area contributed by atoms with E-state index >= 15 is 0 Å². The first kappa shape index (κ1) is 18.7. The summed E-state index contributed by atoms with van der Waals surface area (Å²) in [5.41, 5.74) is 1.78. The van der Waals surface area contributed by atoms with Crippen molar-refractivity contribution in [3.8, 4) is 0 Å². The molecular weight excluding hydrogens is 374 g/mol. The second kappa shape index (κ2) is 7.67. The predicted octanol–water partition coefficient (Wildman–Crippen LogP) is 5.02. The number of halogens is 3. The van der Waals surface area contributed by atoms with Crippen LogP contribution in [0.2, 0.25) is 5.02 Å². The van der Waals surface area contributed by atoms with E-state index in [0.29, 0.717) is 16.7 Å². The van der Waals surface area contributed by atoms with Gasteiger partial charge in [0.05, 0.1) is 0 Å². The fourth-order valence-electron chi connectivity index (χ4n) is 2.40. The minimum atomic E-state index is -1.05. The molecule has 0 atom stereocenters. The van der Waals surface area contributed by atoms with Crippen LogP contribution in [0.25, 0.3) is 0 Å². The molecule has 0 unspecified atom stereocenters. The fraction of sp³-hybridized carbons (Fsp3) is 0.105. The number of amides is 1. The van der Waals surface area contributed by atoms with Crippen LogP contribution in [0.15, 0.2) is 42.5 Å². The first-order chi connectivity index (χ1) is 12.8. The number of nitrogens with one attached hydrogen (secondary N) is 2. The first-order valence-corrected chi connectivity index (χ1v) is 8.35. The highest BCUT2D eigenvalue weighted by Gasteiger charge is 2.13. The summed E-state index contributed by atoms with van der Waals surface area (Å²) in [5.74, 6) is -1.84. The average Bonchev–Trinajstić information content (AvgIpc) is 2.61.